The van der Waals surface area contributed by atoms with Crippen molar-refractivity contribution in [3.8, 4) is 11.5 Å². The Bertz CT molecular complexity index is 419. The lowest BCUT2D eigenvalue weighted by molar-refractivity contribution is 0.197. The molecule has 0 spiro atoms. The van der Waals surface area contributed by atoms with Crippen LogP contribution in [0.25, 0.3) is 0 Å². The number of hydrogen-bond donors (Lipinski definition) is 1. The van der Waals surface area contributed by atoms with E-state index in [1.165, 1.54) is 12.8 Å². The fourth-order valence-corrected chi connectivity index (χ4v) is 2.75. The van der Waals surface area contributed by atoms with Crippen LogP contribution in [-0.2, 0) is 0 Å². The van der Waals surface area contributed by atoms with E-state index in [9.17, 15) is 0 Å². The molecular weight excluding hydrogens is 240 g/mol. The van der Waals surface area contributed by atoms with Gasteiger partial charge in [-0.1, -0.05) is 19.1 Å². The molecule has 1 atom stereocenters. The first-order valence-electron chi connectivity index (χ1n) is 6.93. The molecule has 1 unspecified atom stereocenters. The minimum atomic E-state index is 0.197. The van der Waals surface area contributed by atoms with E-state index in [1.54, 1.807) is 14.2 Å². The van der Waals surface area contributed by atoms with Crippen molar-refractivity contribution >= 4 is 0 Å². The molecule has 1 fully saturated rings. The fourth-order valence-electron chi connectivity index (χ4n) is 2.75. The Morgan fingerprint density at radius 3 is 2.53 bits per heavy atom. The van der Waals surface area contributed by atoms with Gasteiger partial charge in [0, 0.05) is 18.2 Å². The second-order valence-corrected chi connectivity index (χ2v) is 4.90. The Kier molecular flexibility index (Phi) is 4.66. The topological polar surface area (TPSA) is 47.7 Å². The summed E-state index contributed by atoms with van der Waals surface area (Å²) in [5.41, 5.74) is 7.15. The van der Waals surface area contributed by atoms with Gasteiger partial charge in [-0.3, -0.25) is 4.90 Å². The summed E-state index contributed by atoms with van der Waals surface area (Å²) in [7, 11) is 3.35. The Morgan fingerprint density at radius 1 is 1.32 bits per heavy atom. The van der Waals surface area contributed by atoms with E-state index in [4.69, 9.17) is 15.2 Å². The zero-order valence-electron chi connectivity index (χ0n) is 12.1. The average molecular weight is 264 g/mol. The van der Waals surface area contributed by atoms with Gasteiger partial charge in [0.1, 0.15) is 0 Å². The zero-order chi connectivity index (χ0) is 13.8. The van der Waals surface area contributed by atoms with E-state index in [0.29, 0.717) is 12.6 Å². The second-order valence-electron chi connectivity index (χ2n) is 4.90. The van der Waals surface area contributed by atoms with Crippen LogP contribution in [0.2, 0.25) is 0 Å². The molecule has 0 amide bonds. The third-order valence-electron chi connectivity index (χ3n) is 3.80. The summed E-state index contributed by atoms with van der Waals surface area (Å²) >= 11 is 0. The second kappa shape index (κ2) is 6.26. The van der Waals surface area contributed by atoms with Crippen molar-refractivity contribution in [3.63, 3.8) is 0 Å². The van der Waals surface area contributed by atoms with Crippen molar-refractivity contribution in [3.05, 3.63) is 23.8 Å². The van der Waals surface area contributed by atoms with Gasteiger partial charge < -0.3 is 15.2 Å². The lowest BCUT2D eigenvalue weighted by atomic mass is 10.0. The molecule has 0 heterocycles. The monoisotopic (exact) mass is 264 g/mol. The van der Waals surface area contributed by atoms with E-state index >= 15 is 0 Å². The fraction of sp³-hybridized carbons (Fsp3) is 0.600. The molecule has 2 rings (SSSR count). The number of hydrogen-bond acceptors (Lipinski definition) is 4. The molecule has 106 valence electrons. The summed E-state index contributed by atoms with van der Waals surface area (Å²) in [6.45, 7) is 3.79. The third kappa shape index (κ3) is 2.85. The first-order valence-corrected chi connectivity index (χ1v) is 6.93. The van der Waals surface area contributed by atoms with E-state index in [0.717, 1.165) is 23.6 Å². The van der Waals surface area contributed by atoms with Crippen molar-refractivity contribution in [2.24, 2.45) is 5.73 Å². The molecule has 1 aliphatic carbocycles. The molecule has 4 nitrogen and oxygen atoms in total. The van der Waals surface area contributed by atoms with Crippen molar-refractivity contribution in [1.82, 2.24) is 4.90 Å². The van der Waals surface area contributed by atoms with Gasteiger partial charge in [-0.2, -0.15) is 0 Å². The molecule has 1 saturated carbocycles. The third-order valence-corrected chi connectivity index (χ3v) is 3.80. The lowest BCUT2D eigenvalue weighted by Gasteiger charge is -2.31. The summed E-state index contributed by atoms with van der Waals surface area (Å²) < 4.78 is 10.9. The Hall–Kier alpha value is -1.26. The van der Waals surface area contributed by atoms with Crippen LogP contribution in [0.15, 0.2) is 18.2 Å². The first-order chi connectivity index (χ1) is 9.26. The van der Waals surface area contributed by atoms with Gasteiger partial charge in [0.2, 0.25) is 0 Å². The molecule has 1 aliphatic rings. The molecule has 0 aliphatic heterocycles. The van der Waals surface area contributed by atoms with Crippen molar-refractivity contribution in [2.45, 2.75) is 31.8 Å². The molecule has 0 aromatic heterocycles. The SMILES string of the molecule is CCN(C1CC1)C(CN)c1cccc(OC)c1OC. The molecule has 1 aromatic rings. The van der Waals surface area contributed by atoms with Crippen LogP contribution in [0.4, 0.5) is 0 Å². The number of nitrogens with zero attached hydrogens (tertiary/aromatic N) is 1. The highest BCUT2D eigenvalue weighted by atomic mass is 16.5. The van der Waals surface area contributed by atoms with Crippen LogP contribution in [0, 0.1) is 0 Å². The molecule has 4 heteroatoms. The van der Waals surface area contributed by atoms with E-state index in [1.807, 2.05) is 12.1 Å². The Balaban J connectivity index is 2.36. The largest absolute Gasteiger partial charge is 0.493 e. The van der Waals surface area contributed by atoms with Crippen molar-refractivity contribution in [1.29, 1.82) is 0 Å². The smallest absolute Gasteiger partial charge is 0.165 e. The molecule has 2 N–H and O–H groups in total. The maximum absolute atomic E-state index is 6.02. The average Bonchev–Trinajstić information content (AvgIpc) is 3.28. The maximum atomic E-state index is 6.02. The van der Waals surface area contributed by atoms with Gasteiger partial charge in [0.05, 0.1) is 20.3 Å². The highest BCUT2D eigenvalue weighted by molar-refractivity contribution is 5.48. The van der Waals surface area contributed by atoms with Crippen molar-refractivity contribution < 1.29 is 9.47 Å². The Labute approximate surface area is 115 Å². The van der Waals surface area contributed by atoms with Gasteiger partial charge in [0.25, 0.3) is 0 Å². The molecule has 0 saturated heterocycles. The molecule has 1 aromatic carbocycles. The molecule has 0 radical (unpaired) electrons. The maximum Gasteiger partial charge on any atom is 0.165 e. The lowest BCUT2D eigenvalue weighted by Crippen LogP contribution is -2.35. The molecule has 0 bridgehead atoms. The van der Waals surface area contributed by atoms with E-state index in [2.05, 4.69) is 17.9 Å². The number of benzene rings is 1. The van der Waals surface area contributed by atoms with Crippen LogP contribution < -0.4 is 15.2 Å². The van der Waals surface area contributed by atoms with Crippen molar-refractivity contribution in [2.75, 3.05) is 27.3 Å². The van der Waals surface area contributed by atoms with E-state index in [-0.39, 0.29) is 6.04 Å². The number of ether oxygens (including phenoxy) is 2. The summed E-state index contributed by atoms with van der Waals surface area (Å²) in [5, 5.41) is 0. The van der Waals surface area contributed by atoms with Crippen LogP contribution in [0.5, 0.6) is 11.5 Å². The number of rotatable bonds is 7. The zero-order valence-corrected chi connectivity index (χ0v) is 12.1. The van der Waals surface area contributed by atoms with Crippen LogP contribution in [0.3, 0.4) is 0 Å². The summed E-state index contributed by atoms with van der Waals surface area (Å²) in [6.07, 6.45) is 2.55. The highest BCUT2D eigenvalue weighted by Crippen LogP contribution is 2.40. The van der Waals surface area contributed by atoms with Gasteiger partial charge in [-0.25, -0.2) is 0 Å². The standard InChI is InChI=1S/C15H24N2O2/c1-4-17(11-8-9-11)13(10-16)12-6-5-7-14(18-2)15(12)19-3/h5-7,11,13H,4,8-10,16H2,1-3H3. The van der Waals surface area contributed by atoms with Crippen LogP contribution >= 0.6 is 0 Å². The first kappa shape index (κ1) is 14.2. The van der Waals surface area contributed by atoms with Gasteiger partial charge in [-0.15, -0.1) is 0 Å². The number of nitrogens with two attached hydrogens (primary N) is 1. The van der Waals surface area contributed by atoms with Crippen LogP contribution in [-0.4, -0.2) is 38.3 Å². The Morgan fingerprint density at radius 2 is 2.05 bits per heavy atom. The van der Waals surface area contributed by atoms with Gasteiger partial charge in [-0.05, 0) is 25.5 Å². The van der Waals surface area contributed by atoms with Gasteiger partial charge >= 0.3 is 0 Å². The predicted molar refractivity (Wildman–Crippen MR) is 76.7 cm³/mol. The van der Waals surface area contributed by atoms with Crippen LogP contribution in [0.1, 0.15) is 31.4 Å². The molecule has 19 heavy (non-hydrogen) atoms. The van der Waals surface area contributed by atoms with E-state index < -0.39 is 0 Å². The molecular formula is C15H24N2O2. The highest BCUT2D eigenvalue weighted by Gasteiger charge is 2.34. The van der Waals surface area contributed by atoms with Gasteiger partial charge in [0.15, 0.2) is 11.5 Å². The predicted octanol–water partition coefficient (Wildman–Crippen LogP) is 2.19. The normalized spacial score (nSPS) is 16.5. The number of para-hydroxylation sites is 1. The number of likely N-dealkylation sites (N-methyl/N-ethyl adjacent to an activating group) is 1. The summed E-state index contributed by atoms with van der Waals surface area (Å²) in [6, 6.07) is 6.88. The minimum absolute atomic E-state index is 0.197. The summed E-state index contributed by atoms with van der Waals surface area (Å²) in [5.74, 6) is 1.57. The quantitative estimate of drug-likeness (QED) is 0.820. The minimum Gasteiger partial charge on any atom is -0.493 e. The number of methoxy groups -OCH3 is 2. The summed E-state index contributed by atoms with van der Waals surface area (Å²) in [4.78, 5) is 2.47.